The van der Waals surface area contributed by atoms with Crippen molar-refractivity contribution in [2.75, 3.05) is 33.7 Å². The van der Waals surface area contributed by atoms with Gasteiger partial charge in [0.05, 0.1) is 19.4 Å². The zero-order valence-corrected chi connectivity index (χ0v) is 12.6. The van der Waals surface area contributed by atoms with Crippen LogP contribution >= 0.6 is 0 Å². The summed E-state index contributed by atoms with van der Waals surface area (Å²) < 4.78 is 23.3. The smallest absolute Gasteiger partial charge is 0.282 e. The Kier molecular flexibility index (Phi) is 6.09. The summed E-state index contributed by atoms with van der Waals surface area (Å²) in [6, 6.07) is 1.01. The molecule has 0 bridgehead atoms. The molecule has 1 fully saturated rings. The first-order chi connectivity index (χ1) is 8.20. The van der Waals surface area contributed by atoms with E-state index in [0.29, 0.717) is 6.23 Å². The normalized spacial score (nSPS) is 23.3. The zero-order valence-electron chi connectivity index (χ0n) is 11.6. The van der Waals surface area contributed by atoms with E-state index in [2.05, 4.69) is 13.8 Å². The maximum atomic E-state index is 6.01. The first-order valence-corrected chi connectivity index (χ1v) is 8.84. The fraction of sp³-hybridized carbons (Fsp3) is 1.00. The lowest BCUT2D eigenvalue weighted by molar-refractivity contribution is -0.230. The van der Waals surface area contributed by atoms with Crippen molar-refractivity contribution in [3.63, 3.8) is 0 Å². The molecule has 4 nitrogen and oxygen atoms in total. The summed E-state index contributed by atoms with van der Waals surface area (Å²) in [7, 11) is 1.32. The molecule has 1 unspecified atom stereocenters. The van der Waals surface area contributed by atoms with E-state index >= 15 is 0 Å². The Labute approximate surface area is 106 Å². The zero-order chi connectivity index (χ0) is 12.8. The molecule has 0 aromatic carbocycles. The molecule has 1 atom stereocenters. The molecule has 17 heavy (non-hydrogen) atoms. The lowest BCUT2D eigenvalue weighted by atomic mass is 10.4. The van der Waals surface area contributed by atoms with Gasteiger partial charge in [-0.3, -0.25) is 0 Å². The number of ether oxygens (including phenoxy) is 3. The summed E-state index contributed by atoms with van der Waals surface area (Å²) in [4.78, 5) is 0. The van der Waals surface area contributed by atoms with Crippen LogP contribution < -0.4 is 0 Å². The van der Waals surface area contributed by atoms with Gasteiger partial charge in [0.25, 0.3) is 8.32 Å². The monoisotopic (exact) mass is 262 g/mol. The van der Waals surface area contributed by atoms with E-state index in [1.807, 2.05) is 0 Å². The lowest BCUT2D eigenvalue weighted by Crippen LogP contribution is -2.67. The number of methoxy groups -OCH3 is 1. The Morgan fingerprint density at radius 2 is 1.82 bits per heavy atom. The third-order valence-electron chi connectivity index (χ3n) is 3.54. The van der Waals surface area contributed by atoms with E-state index < -0.39 is 13.7 Å². The molecule has 1 saturated heterocycles. The minimum absolute atomic E-state index is 0.522. The Balaban J connectivity index is 2.97. The average Bonchev–Trinajstić information content (AvgIpc) is 2.39. The van der Waals surface area contributed by atoms with E-state index in [1.54, 1.807) is 14.2 Å². The Hall–Kier alpha value is 0.0569. The largest absolute Gasteiger partial charge is 0.412 e. The molecule has 0 aliphatic carbocycles. The first kappa shape index (κ1) is 15.1. The Morgan fingerprint density at radius 3 is 2.24 bits per heavy atom. The van der Waals surface area contributed by atoms with Crippen molar-refractivity contribution in [1.29, 1.82) is 0 Å². The Morgan fingerprint density at radius 1 is 1.18 bits per heavy atom. The average molecular weight is 262 g/mol. The van der Waals surface area contributed by atoms with Crippen LogP contribution in [0.5, 0.6) is 0 Å². The highest BCUT2D eigenvalue weighted by atomic mass is 28.4. The predicted molar refractivity (Wildman–Crippen MR) is 69.3 cm³/mol. The van der Waals surface area contributed by atoms with E-state index in [9.17, 15) is 0 Å². The van der Waals surface area contributed by atoms with Crippen LogP contribution in [0.15, 0.2) is 0 Å². The van der Waals surface area contributed by atoms with Gasteiger partial charge in [0.2, 0.25) is 0 Å². The predicted octanol–water partition coefficient (Wildman–Crippen LogP) is 2.26. The highest BCUT2D eigenvalue weighted by Crippen LogP contribution is 2.36. The van der Waals surface area contributed by atoms with Gasteiger partial charge in [-0.05, 0) is 18.9 Å². The maximum absolute atomic E-state index is 6.01. The van der Waals surface area contributed by atoms with Crippen molar-refractivity contribution in [3.8, 4) is 0 Å². The molecule has 0 spiro atoms. The van der Waals surface area contributed by atoms with Crippen molar-refractivity contribution in [3.05, 3.63) is 0 Å². The number of hydrogen-bond donors (Lipinski definition) is 0. The highest BCUT2D eigenvalue weighted by Gasteiger charge is 2.57. The fourth-order valence-electron chi connectivity index (χ4n) is 2.69. The van der Waals surface area contributed by atoms with Gasteiger partial charge in [-0.1, -0.05) is 20.3 Å². The third kappa shape index (κ3) is 2.90. The fourth-order valence-corrected chi connectivity index (χ4v) is 6.72. The second-order valence-corrected chi connectivity index (χ2v) is 8.49. The lowest BCUT2D eigenvalue weighted by Gasteiger charge is -2.48. The molecule has 0 aromatic rings. The quantitative estimate of drug-likeness (QED) is 0.660. The molecule has 1 aliphatic rings. The molecule has 102 valence electrons. The van der Waals surface area contributed by atoms with Gasteiger partial charge in [0, 0.05) is 14.2 Å². The van der Waals surface area contributed by atoms with Gasteiger partial charge >= 0.3 is 0 Å². The summed E-state index contributed by atoms with van der Waals surface area (Å²) in [5.74, 6) is 0. The van der Waals surface area contributed by atoms with E-state index in [1.165, 1.54) is 0 Å². The molecule has 5 heteroatoms. The number of rotatable bonds is 7. The van der Waals surface area contributed by atoms with Gasteiger partial charge in [-0.15, -0.1) is 0 Å². The molecule has 1 rings (SSSR count). The molecular formula is C12H26O4Si. The molecule has 0 amide bonds. The minimum atomic E-state index is -2.19. The molecule has 0 aromatic heterocycles. The number of hydrogen-bond acceptors (Lipinski definition) is 4. The van der Waals surface area contributed by atoms with Gasteiger partial charge in [0.15, 0.2) is 5.41 Å². The molecule has 0 N–H and O–H groups in total. The third-order valence-corrected chi connectivity index (χ3v) is 8.42. The van der Waals surface area contributed by atoms with E-state index in [4.69, 9.17) is 18.6 Å². The minimum Gasteiger partial charge on any atom is -0.412 e. The topological polar surface area (TPSA) is 36.9 Å². The van der Waals surface area contributed by atoms with Crippen molar-refractivity contribution in [2.24, 2.45) is 0 Å². The molecule has 1 aliphatic heterocycles. The highest BCUT2D eigenvalue weighted by molar-refractivity contribution is 6.76. The molecular weight excluding hydrogens is 236 g/mol. The van der Waals surface area contributed by atoms with Gasteiger partial charge in [-0.25, -0.2) is 0 Å². The van der Waals surface area contributed by atoms with Crippen LogP contribution in [0.3, 0.4) is 0 Å². The summed E-state index contributed by atoms with van der Waals surface area (Å²) >= 11 is 0. The molecule has 1 heterocycles. The first-order valence-electron chi connectivity index (χ1n) is 6.52. The second-order valence-electron chi connectivity index (χ2n) is 4.54. The van der Waals surface area contributed by atoms with E-state index in [0.717, 1.165) is 38.5 Å². The van der Waals surface area contributed by atoms with Gasteiger partial charge in [0.1, 0.15) is 0 Å². The van der Waals surface area contributed by atoms with Crippen LogP contribution in [0.4, 0.5) is 0 Å². The van der Waals surface area contributed by atoms with Crippen molar-refractivity contribution < 1.29 is 18.6 Å². The standard InChI is InChI=1S/C12H26O4Si/c1-5-10-17(14-4,11-13-3)12(6-2)15-8-7-9-16-12/h5-11H2,1-4H3. The van der Waals surface area contributed by atoms with Crippen LogP contribution in [0.25, 0.3) is 0 Å². The van der Waals surface area contributed by atoms with Crippen LogP contribution in [-0.4, -0.2) is 47.4 Å². The second kappa shape index (κ2) is 6.85. The summed E-state index contributed by atoms with van der Waals surface area (Å²) in [5.41, 5.74) is -0.522. The van der Waals surface area contributed by atoms with Gasteiger partial charge < -0.3 is 18.6 Å². The SMILES string of the molecule is CCC[Si](COC)(OC)C1(CC)OCCCO1. The molecule has 0 saturated carbocycles. The van der Waals surface area contributed by atoms with Crippen LogP contribution in [0, 0.1) is 0 Å². The summed E-state index contributed by atoms with van der Waals surface area (Å²) in [5, 5.41) is 0. The van der Waals surface area contributed by atoms with Gasteiger partial charge in [-0.2, -0.15) is 0 Å². The van der Waals surface area contributed by atoms with Crippen LogP contribution in [0.1, 0.15) is 33.1 Å². The summed E-state index contributed by atoms with van der Waals surface area (Å²) in [6.07, 6.45) is 3.49. The van der Waals surface area contributed by atoms with Crippen molar-refractivity contribution in [2.45, 2.75) is 44.6 Å². The Bertz CT molecular complexity index is 211. The van der Waals surface area contributed by atoms with Crippen LogP contribution in [0.2, 0.25) is 6.04 Å². The molecule has 0 radical (unpaired) electrons. The van der Waals surface area contributed by atoms with E-state index in [-0.39, 0.29) is 0 Å². The summed E-state index contributed by atoms with van der Waals surface area (Å²) in [6.45, 7) is 5.80. The van der Waals surface area contributed by atoms with Crippen LogP contribution in [-0.2, 0) is 18.6 Å². The van der Waals surface area contributed by atoms with Crippen molar-refractivity contribution in [1.82, 2.24) is 0 Å². The van der Waals surface area contributed by atoms with Crippen molar-refractivity contribution >= 4 is 8.32 Å². The maximum Gasteiger partial charge on any atom is 0.282 e.